The highest BCUT2D eigenvalue weighted by atomic mass is 16.5. The maximum Gasteiger partial charge on any atom is 0.278 e. The van der Waals surface area contributed by atoms with E-state index in [4.69, 9.17) is 4.74 Å². The zero-order valence-electron chi connectivity index (χ0n) is 17.3. The maximum absolute atomic E-state index is 13.2. The van der Waals surface area contributed by atoms with Gasteiger partial charge in [0.1, 0.15) is 13.1 Å². The van der Waals surface area contributed by atoms with Crippen LogP contribution in [0.4, 0.5) is 0 Å². The summed E-state index contributed by atoms with van der Waals surface area (Å²) in [5.74, 6) is 0.497. The summed E-state index contributed by atoms with van der Waals surface area (Å²) in [6.45, 7) is 4.98. The smallest absolute Gasteiger partial charge is 0.278 e. The molecule has 1 aromatic carbocycles. The minimum Gasteiger partial charge on any atom is -0.370 e. The standard InChI is InChI=1S/C23H33N3O3/c27-22(17-25-12-14-29-15-13-25)26-11-10-18-6-4-5-9-20(18)21(26)16-24-23(28)19-7-2-1-3-8-19/h4-6,9,19,21H,1-3,7-8,10-17H2,(H,24,28)/p+1/t21-/m0/s1. The van der Waals surface area contributed by atoms with E-state index in [-0.39, 0.29) is 23.8 Å². The molecule has 0 spiro atoms. The van der Waals surface area contributed by atoms with Crippen LogP contribution < -0.4 is 10.2 Å². The number of hydrogen-bond acceptors (Lipinski definition) is 3. The number of morpholine rings is 1. The first-order valence-corrected chi connectivity index (χ1v) is 11.3. The molecule has 1 aliphatic carbocycles. The molecular formula is C23H34N3O3+. The number of ether oxygens (including phenoxy) is 1. The minimum atomic E-state index is -0.0690. The Morgan fingerprint density at radius 2 is 1.86 bits per heavy atom. The SMILES string of the molecule is O=C(NC[C@H]1c2ccccc2CCN1C(=O)C[NH+]1CCOCC1)C1CCCCC1. The molecule has 1 saturated heterocycles. The molecule has 2 amide bonds. The Hall–Kier alpha value is -1.92. The number of carbonyl (C=O) groups excluding carboxylic acids is 2. The molecule has 1 aromatic rings. The van der Waals surface area contributed by atoms with Crippen molar-refractivity contribution in [2.45, 2.75) is 44.6 Å². The highest BCUT2D eigenvalue weighted by Crippen LogP contribution is 2.30. The summed E-state index contributed by atoms with van der Waals surface area (Å²) in [6.07, 6.45) is 6.42. The Bertz CT molecular complexity index is 711. The van der Waals surface area contributed by atoms with Crippen LogP contribution in [-0.4, -0.2) is 62.7 Å². The zero-order chi connectivity index (χ0) is 20.1. The summed E-state index contributed by atoms with van der Waals surface area (Å²) in [6, 6.07) is 8.30. The fourth-order valence-electron chi connectivity index (χ4n) is 5.03. The van der Waals surface area contributed by atoms with Crippen molar-refractivity contribution in [3.63, 3.8) is 0 Å². The van der Waals surface area contributed by atoms with Crippen LogP contribution in [0, 0.1) is 5.92 Å². The zero-order valence-corrected chi connectivity index (χ0v) is 17.3. The van der Waals surface area contributed by atoms with Gasteiger partial charge in [-0.1, -0.05) is 43.5 Å². The highest BCUT2D eigenvalue weighted by molar-refractivity contribution is 5.80. The summed E-state index contributed by atoms with van der Waals surface area (Å²) in [4.78, 5) is 29.2. The molecule has 1 saturated carbocycles. The van der Waals surface area contributed by atoms with Crippen molar-refractivity contribution in [1.82, 2.24) is 10.2 Å². The molecule has 6 heteroatoms. The number of amides is 2. The molecule has 2 fully saturated rings. The lowest BCUT2D eigenvalue weighted by Crippen LogP contribution is -3.15. The van der Waals surface area contributed by atoms with E-state index < -0.39 is 0 Å². The number of carbonyl (C=O) groups is 2. The average Bonchev–Trinajstić information content (AvgIpc) is 2.78. The van der Waals surface area contributed by atoms with Crippen LogP contribution in [0.1, 0.15) is 49.3 Å². The second kappa shape index (κ2) is 9.72. The lowest BCUT2D eigenvalue weighted by atomic mass is 9.88. The van der Waals surface area contributed by atoms with E-state index in [2.05, 4.69) is 23.5 Å². The van der Waals surface area contributed by atoms with Crippen LogP contribution in [0.3, 0.4) is 0 Å². The number of quaternary nitrogens is 1. The van der Waals surface area contributed by atoms with Crippen molar-refractivity contribution in [3.05, 3.63) is 35.4 Å². The van der Waals surface area contributed by atoms with E-state index in [0.29, 0.717) is 13.1 Å². The number of hydrogen-bond donors (Lipinski definition) is 2. The van der Waals surface area contributed by atoms with Crippen LogP contribution in [0.5, 0.6) is 0 Å². The Kier molecular flexibility index (Phi) is 6.82. The quantitative estimate of drug-likeness (QED) is 0.766. The molecule has 6 nitrogen and oxygen atoms in total. The van der Waals surface area contributed by atoms with Crippen molar-refractivity contribution in [2.75, 3.05) is 45.9 Å². The normalized spacial score (nSPS) is 23.4. The predicted octanol–water partition coefficient (Wildman–Crippen LogP) is 0.724. The predicted molar refractivity (Wildman–Crippen MR) is 111 cm³/mol. The summed E-state index contributed by atoms with van der Waals surface area (Å²) in [7, 11) is 0. The Morgan fingerprint density at radius 3 is 2.66 bits per heavy atom. The van der Waals surface area contributed by atoms with Gasteiger partial charge in [-0.25, -0.2) is 0 Å². The first-order valence-electron chi connectivity index (χ1n) is 11.3. The van der Waals surface area contributed by atoms with Gasteiger partial charge in [0, 0.05) is 19.0 Å². The van der Waals surface area contributed by atoms with Crippen LogP contribution in [0.25, 0.3) is 0 Å². The van der Waals surface area contributed by atoms with E-state index in [1.165, 1.54) is 22.4 Å². The lowest BCUT2D eigenvalue weighted by Gasteiger charge is -2.38. The third-order valence-electron chi connectivity index (χ3n) is 6.78. The highest BCUT2D eigenvalue weighted by Gasteiger charge is 2.33. The molecule has 0 aromatic heterocycles. The van der Waals surface area contributed by atoms with Crippen molar-refractivity contribution in [1.29, 1.82) is 0 Å². The summed E-state index contributed by atoms with van der Waals surface area (Å²) in [5.41, 5.74) is 2.49. The number of rotatable bonds is 5. The van der Waals surface area contributed by atoms with Crippen molar-refractivity contribution in [2.24, 2.45) is 5.92 Å². The molecule has 2 heterocycles. The van der Waals surface area contributed by atoms with E-state index >= 15 is 0 Å². The molecule has 2 N–H and O–H groups in total. The Balaban J connectivity index is 1.44. The van der Waals surface area contributed by atoms with E-state index in [1.807, 2.05) is 11.0 Å². The van der Waals surface area contributed by atoms with Gasteiger partial charge in [-0.2, -0.15) is 0 Å². The van der Waals surface area contributed by atoms with Crippen LogP contribution in [0.15, 0.2) is 24.3 Å². The first kappa shape index (κ1) is 20.4. The Morgan fingerprint density at radius 1 is 1.10 bits per heavy atom. The van der Waals surface area contributed by atoms with E-state index in [9.17, 15) is 9.59 Å². The fourth-order valence-corrected chi connectivity index (χ4v) is 5.03. The van der Waals surface area contributed by atoms with Crippen LogP contribution in [-0.2, 0) is 20.7 Å². The third kappa shape index (κ3) is 4.98. The monoisotopic (exact) mass is 400 g/mol. The summed E-state index contributed by atoms with van der Waals surface area (Å²) < 4.78 is 5.42. The van der Waals surface area contributed by atoms with Gasteiger partial charge in [0.05, 0.1) is 19.3 Å². The van der Waals surface area contributed by atoms with Crippen LogP contribution in [0.2, 0.25) is 0 Å². The molecular weight excluding hydrogens is 366 g/mol. The number of benzene rings is 1. The van der Waals surface area contributed by atoms with Crippen molar-refractivity contribution in [3.8, 4) is 0 Å². The van der Waals surface area contributed by atoms with Gasteiger partial charge in [-0.05, 0) is 30.4 Å². The van der Waals surface area contributed by atoms with E-state index in [1.54, 1.807) is 0 Å². The molecule has 0 unspecified atom stereocenters. The number of fused-ring (bicyclic) bond motifs is 1. The maximum atomic E-state index is 13.2. The average molecular weight is 401 g/mol. The van der Waals surface area contributed by atoms with E-state index in [0.717, 1.165) is 65.0 Å². The second-order valence-corrected chi connectivity index (χ2v) is 8.67. The molecule has 0 bridgehead atoms. The van der Waals surface area contributed by atoms with Gasteiger partial charge in [0.25, 0.3) is 5.91 Å². The van der Waals surface area contributed by atoms with Crippen molar-refractivity contribution < 1.29 is 19.2 Å². The molecule has 2 aliphatic heterocycles. The van der Waals surface area contributed by atoms with Gasteiger partial charge in [0.15, 0.2) is 6.54 Å². The van der Waals surface area contributed by atoms with Gasteiger partial charge in [-0.15, -0.1) is 0 Å². The second-order valence-electron chi connectivity index (χ2n) is 8.67. The first-order chi connectivity index (χ1) is 14.2. The third-order valence-corrected chi connectivity index (χ3v) is 6.78. The molecule has 4 rings (SSSR count). The Labute approximate surface area is 173 Å². The summed E-state index contributed by atoms with van der Waals surface area (Å²) >= 11 is 0. The number of nitrogens with zero attached hydrogens (tertiary/aromatic N) is 1. The summed E-state index contributed by atoms with van der Waals surface area (Å²) in [5, 5.41) is 3.19. The molecule has 158 valence electrons. The molecule has 29 heavy (non-hydrogen) atoms. The van der Waals surface area contributed by atoms with Gasteiger partial charge < -0.3 is 19.9 Å². The topological polar surface area (TPSA) is 63.1 Å². The molecule has 3 aliphatic rings. The van der Waals surface area contributed by atoms with Gasteiger partial charge in [0.2, 0.25) is 5.91 Å². The lowest BCUT2D eigenvalue weighted by molar-refractivity contribution is -0.900. The molecule has 1 atom stereocenters. The minimum absolute atomic E-state index is 0.0690. The van der Waals surface area contributed by atoms with Gasteiger partial charge in [-0.3, -0.25) is 9.59 Å². The largest absolute Gasteiger partial charge is 0.370 e. The fraction of sp³-hybridized carbons (Fsp3) is 0.652. The number of nitrogens with one attached hydrogen (secondary N) is 2. The van der Waals surface area contributed by atoms with Gasteiger partial charge >= 0.3 is 0 Å². The molecule has 0 radical (unpaired) electrons. The van der Waals surface area contributed by atoms with Crippen molar-refractivity contribution >= 4 is 11.8 Å². The van der Waals surface area contributed by atoms with Crippen LogP contribution >= 0.6 is 0 Å².